The monoisotopic (exact) mass is 351 g/mol. The Kier molecular flexibility index (Phi) is 4.44. The summed E-state index contributed by atoms with van der Waals surface area (Å²) in [5.74, 6) is 0.622. The van der Waals surface area contributed by atoms with E-state index >= 15 is 0 Å². The molecule has 0 amide bonds. The van der Waals surface area contributed by atoms with Gasteiger partial charge in [0.1, 0.15) is 0 Å². The number of benzene rings is 2. The molecular weight excluding hydrogens is 331 g/mol. The van der Waals surface area contributed by atoms with E-state index in [1.165, 1.54) is 23.8 Å². The van der Waals surface area contributed by atoms with Gasteiger partial charge in [-0.15, -0.1) is 0 Å². The van der Waals surface area contributed by atoms with E-state index in [2.05, 4.69) is 70.2 Å². The first-order valence-corrected chi connectivity index (χ1v) is 8.54. The normalized spacial score (nSPS) is 11.2. The van der Waals surface area contributed by atoms with E-state index in [0.717, 1.165) is 0 Å². The summed E-state index contributed by atoms with van der Waals surface area (Å²) in [6.45, 7) is 8.90. The molecule has 0 heterocycles. The van der Waals surface area contributed by atoms with Gasteiger partial charge in [0.15, 0.2) is 0 Å². The summed E-state index contributed by atoms with van der Waals surface area (Å²) >= 11 is -0.0335. The van der Waals surface area contributed by atoms with Crippen LogP contribution in [0.1, 0.15) is 36.5 Å². The van der Waals surface area contributed by atoms with Gasteiger partial charge in [-0.05, 0) is 0 Å². The SMILES string of the molecule is Cc1ccc([I-]c2ccc(C(C)C)c(C)c2)cc1. The van der Waals surface area contributed by atoms with Crippen LogP contribution in [-0.4, -0.2) is 0 Å². The quantitative estimate of drug-likeness (QED) is 0.737. The summed E-state index contributed by atoms with van der Waals surface area (Å²) in [4.78, 5) is 0. The van der Waals surface area contributed by atoms with Crippen LogP contribution in [0.4, 0.5) is 0 Å². The first-order valence-electron chi connectivity index (χ1n) is 6.38. The van der Waals surface area contributed by atoms with Gasteiger partial charge in [0, 0.05) is 0 Å². The van der Waals surface area contributed by atoms with E-state index in [0.29, 0.717) is 5.92 Å². The van der Waals surface area contributed by atoms with Crippen LogP contribution >= 0.6 is 0 Å². The molecule has 0 aromatic heterocycles. The van der Waals surface area contributed by atoms with Crippen LogP contribution in [0.3, 0.4) is 0 Å². The molecule has 0 bridgehead atoms. The van der Waals surface area contributed by atoms with Gasteiger partial charge in [-0.3, -0.25) is 0 Å². The van der Waals surface area contributed by atoms with Crippen molar-refractivity contribution in [1.29, 1.82) is 0 Å². The molecule has 2 aromatic rings. The van der Waals surface area contributed by atoms with Crippen molar-refractivity contribution in [3.8, 4) is 0 Å². The van der Waals surface area contributed by atoms with E-state index < -0.39 is 0 Å². The van der Waals surface area contributed by atoms with Gasteiger partial charge in [0.2, 0.25) is 0 Å². The average molecular weight is 351 g/mol. The Balaban J connectivity index is 2.20. The van der Waals surface area contributed by atoms with Crippen LogP contribution in [-0.2, 0) is 0 Å². The summed E-state index contributed by atoms with van der Waals surface area (Å²) < 4.78 is 3.01. The van der Waals surface area contributed by atoms with Crippen molar-refractivity contribution in [3.63, 3.8) is 0 Å². The molecule has 0 unspecified atom stereocenters. The third-order valence-electron chi connectivity index (χ3n) is 3.08. The van der Waals surface area contributed by atoms with Crippen LogP contribution in [0.5, 0.6) is 0 Å². The zero-order valence-electron chi connectivity index (χ0n) is 11.5. The Morgan fingerprint density at radius 1 is 0.833 bits per heavy atom. The van der Waals surface area contributed by atoms with Crippen LogP contribution in [0.2, 0.25) is 0 Å². The molecular formula is C17H20I-. The van der Waals surface area contributed by atoms with Crippen molar-refractivity contribution in [2.45, 2.75) is 33.6 Å². The van der Waals surface area contributed by atoms with Crippen molar-refractivity contribution in [2.75, 3.05) is 0 Å². The molecule has 0 spiro atoms. The summed E-state index contributed by atoms with van der Waals surface area (Å²) in [6.07, 6.45) is 0. The molecule has 18 heavy (non-hydrogen) atoms. The Morgan fingerprint density at radius 2 is 1.44 bits per heavy atom. The Morgan fingerprint density at radius 3 is 2.00 bits per heavy atom. The fourth-order valence-corrected chi connectivity index (χ4v) is 4.49. The Labute approximate surface area is 121 Å². The van der Waals surface area contributed by atoms with E-state index in [1.807, 2.05) is 0 Å². The summed E-state index contributed by atoms with van der Waals surface area (Å²) in [6, 6.07) is 16.0. The minimum atomic E-state index is -0.0335. The third-order valence-corrected chi connectivity index (χ3v) is 5.72. The molecule has 0 aliphatic carbocycles. The van der Waals surface area contributed by atoms with Gasteiger partial charge >= 0.3 is 121 Å². The molecule has 96 valence electrons. The van der Waals surface area contributed by atoms with Gasteiger partial charge in [0.05, 0.1) is 0 Å². The molecule has 0 saturated carbocycles. The van der Waals surface area contributed by atoms with Gasteiger partial charge in [-0.25, -0.2) is 0 Å². The molecule has 0 nitrogen and oxygen atoms in total. The zero-order valence-corrected chi connectivity index (χ0v) is 13.7. The number of aryl methyl sites for hydroxylation is 2. The molecule has 2 aromatic carbocycles. The third kappa shape index (κ3) is 3.35. The van der Waals surface area contributed by atoms with E-state index in [4.69, 9.17) is 0 Å². The average Bonchev–Trinajstić information content (AvgIpc) is 2.32. The van der Waals surface area contributed by atoms with Crippen molar-refractivity contribution in [3.05, 3.63) is 66.3 Å². The summed E-state index contributed by atoms with van der Waals surface area (Å²) in [7, 11) is 0. The van der Waals surface area contributed by atoms with Crippen molar-refractivity contribution >= 4 is 0 Å². The standard InChI is InChI=1S/C17H20I/c1-12(2)17-10-9-16(11-14(17)4)18-15-7-5-13(3)6-8-15/h5-12H,1-4H3/q-1. The predicted molar refractivity (Wildman–Crippen MR) is 73.8 cm³/mol. The molecule has 2 rings (SSSR count). The topological polar surface area (TPSA) is 0 Å². The molecule has 0 saturated heterocycles. The fourth-order valence-electron chi connectivity index (χ4n) is 2.07. The molecule has 0 aliphatic heterocycles. The van der Waals surface area contributed by atoms with Crippen LogP contribution in [0, 0.1) is 21.0 Å². The van der Waals surface area contributed by atoms with Crippen molar-refractivity contribution in [1.82, 2.24) is 0 Å². The number of halogens is 1. The van der Waals surface area contributed by atoms with Gasteiger partial charge < -0.3 is 0 Å². The van der Waals surface area contributed by atoms with Crippen LogP contribution in [0.25, 0.3) is 0 Å². The fraction of sp³-hybridized carbons (Fsp3) is 0.294. The van der Waals surface area contributed by atoms with E-state index in [1.54, 1.807) is 0 Å². The number of hydrogen-bond donors (Lipinski definition) is 0. The van der Waals surface area contributed by atoms with Gasteiger partial charge in [0.25, 0.3) is 0 Å². The molecule has 0 aliphatic rings. The first kappa shape index (κ1) is 13.6. The minimum absolute atomic E-state index is 0.0335. The number of hydrogen-bond acceptors (Lipinski definition) is 0. The second kappa shape index (κ2) is 5.87. The van der Waals surface area contributed by atoms with Crippen molar-refractivity contribution < 1.29 is 21.2 Å². The Hall–Kier alpha value is -0.830. The van der Waals surface area contributed by atoms with Crippen molar-refractivity contribution in [2.24, 2.45) is 0 Å². The second-order valence-electron chi connectivity index (χ2n) is 5.05. The summed E-state index contributed by atoms with van der Waals surface area (Å²) in [5.41, 5.74) is 4.26. The molecule has 0 atom stereocenters. The maximum absolute atomic E-state index is 2.38. The van der Waals surface area contributed by atoms with E-state index in [9.17, 15) is 0 Å². The molecule has 0 fully saturated rings. The van der Waals surface area contributed by atoms with Gasteiger partial charge in [-0.2, -0.15) is 0 Å². The zero-order chi connectivity index (χ0) is 13.1. The molecule has 0 radical (unpaired) electrons. The molecule has 0 N–H and O–H groups in total. The van der Waals surface area contributed by atoms with Crippen LogP contribution in [0.15, 0.2) is 42.5 Å². The van der Waals surface area contributed by atoms with Crippen LogP contribution < -0.4 is 21.2 Å². The maximum atomic E-state index is 2.38. The second-order valence-corrected chi connectivity index (χ2v) is 8.08. The predicted octanol–water partition coefficient (Wildman–Crippen LogP) is 1.56. The number of rotatable bonds is 3. The van der Waals surface area contributed by atoms with Gasteiger partial charge in [-0.1, -0.05) is 0 Å². The Bertz CT molecular complexity index is 524. The first-order chi connectivity index (χ1) is 8.56. The summed E-state index contributed by atoms with van der Waals surface area (Å²) in [5, 5.41) is 0. The molecule has 1 heteroatoms. The van der Waals surface area contributed by atoms with E-state index in [-0.39, 0.29) is 21.2 Å².